The minimum atomic E-state index is -0.700. The van der Waals surface area contributed by atoms with Gasteiger partial charge < -0.3 is 18.9 Å². The van der Waals surface area contributed by atoms with Crippen LogP contribution in [0.15, 0.2) is 170 Å². The third-order valence-corrected chi connectivity index (χ3v) is 11.1. The molecule has 0 saturated heterocycles. The quantitative estimate of drug-likeness (QED) is 0.182. The van der Waals surface area contributed by atoms with E-state index in [2.05, 4.69) is 119 Å². The van der Waals surface area contributed by atoms with Crippen molar-refractivity contribution >= 4 is 38.9 Å². The van der Waals surface area contributed by atoms with Crippen molar-refractivity contribution in [2.75, 3.05) is 4.90 Å². The summed E-state index contributed by atoms with van der Waals surface area (Å²) in [7, 11) is 0. The van der Waals surface area contributed by atoms with E-state index in [1.165, 1.54) is 10.8 Å². The standard InChI is InChI=1S/C47H28N4O2/c1-3-15-37-31(11-1)32-12-2-4-16-38(32)50(37)29-21-23-33-43(27-29)53-44-28-30(51-39-17-5-7-19-41(39)52-42-20-8-6-18-40(42)51)22-24-34(44)47(33)35-13-9-25-48-45(35)46-36(47)14-10-26-49-46/h1-28H. The zero-order valence-corrected chi connectivity index (χ0v) is 28.3. The van der Waals surface area contributed by atoms with Gasteiger partial charge in [-0.2, -0.15) is 0 Å². The third kappa shape index (κ3) is 3.71. The molecule has 2 aliphatic heterocycles. The molecule has 1 spiro atoms. The van der Waals surface area contributed by atoms with E-state index in [4.69, 9.17) is 19.4 Å². The smallest absolute Gasteiger partial charge is 0.151 e. The van der Waals surface area contributed by atoms with E-state index in [0.717, 1.165) is 90.4 Å². The predicted octanol–water partition coefficient (Wildman–Crippen LogP) is 11.6. The number of benzene rings is 6. The van der Waals surface area contributed by atoms with E-state index in [0.29, 0.717) is 0 Å². The van der Waals surface area contributed by atoms with Gasteiger partial charge in [-0.3, -0.25) is 9.97 Å². The van der Waals surface area contributed by atoms with Crippen LogP contribution in [-0.2, 0) is 5.41 Å². The Labute approximate surface area is 304 Å². The Kier molecular flexibility index (Phi) is 5.61. The molecule has 3 aromatic heterocycles. The van der Waals surface area contributed by atoms with E-state index < -0.39 is 5.41 Å². The molecule has 0 N–H and O–H groups in total. The van der Waals surface area contributed by atoms with Crippen molar-refractivity contribution in [3.8, 4) is 40.1 Å². The molecule has 1 aliphatic carbocycles. The molecular weight excluding hydrogens is 653 g/mol. The van der Waals surface area contributed by atoms with Crippen molar-refractivity contribution in [2.45, 2.75) is 5.41 Å². The fourth-order valence-electron chi connectivity index (χ4n) is 9.05. The van der Waals surface area contributed by atoms with Gasteiger partial charge in [-0.15, -0.1) is 0 Å². The Bertz CT molecular complexity index is 2860. The van der Waals surface area contributed by atoms with Crippen molar-refractivity contribution < 1.29 is 9.47 Å². The summed E-state index contributed by atoms with van der Waals surface area (Å²) in [5.74, 6) is 3.18. The van der Waals surface area contributed by atoms with Gasteiger partial charge in [0.2, 0.25) is 0 Å². The van der Waals surface area contributed by atoms with Gasteiger partial charge in [0.1, 0.15) is 11.5 Å². The molecule has 0 amide bonds. The minimum absolute atomic E-state index is 0.700. The Balaban J connectivity index is 1.13. The number of anilines is 3. The number of pyridine rings is 2. The highest BCUT2D eigenvalue weighted by atomic mass is 16.5. The monoisotopic (exact) mass is 680 g/mol. The molecule has 0 saturated carbocycles. The van der Waals surface area contributed by atoms with E-state index in [-0.39, 0.29) is 0 Å². The maximum Gasteiger partial charge on any atom is 0.151 e. The Hall–Kier alpha value is -7.18. The van der Waals surface area contributed by atoms with Gasteiger partial charge in [0.05, 0.1) is 44.9 Å². The summed E-state index contributed by atoms with van der Waals surface area (Å²) >= 11 is 0. The highest BCUT2D eigenvalue weighted by molar-refractivity contribution is 6.09. The van der Waals surface area contributed by atoms with Gasteiger partial charge in [-0.25, -0.2) is 0 Å². The topological polar surface area (TPSA) is 52.4 Å². The van der Waals surface area contributed by atoms with Crippen LogP contribution in [0.25, 0.3) is 38.9 Å². The number of hydrogen-bond acceptors (Lipinski definition) is 5. The first-order valence-corrected chi connectivity index (χ1v) is 17.8. The molecule has 3 aliphatic rings. The summed E-state index contributed by atoms with van der Waals surface area (Å²) in [6.07, 6.45) is 3.72. The molecule has 0 unspecified atom stereocenters. The summed E-state index contributed by atoms with van der Waals surface area (Å²) in [6.45, 7) is 0. The fourth-order valence-corrected chi connectivity index (χ4v) is 9.05. The molecule has 0 bridgehead atoms. The summed E-state index contributed by atoms with van der Waals surface area (Å²) in [5, 5.41) is 2.44. The Morgan fingerprint density at radius 3 is 1.51 bits per heavy atom. The van der Waals surface area contributed by atoms with Gasteiger partial charge in [0.15, 0.2) is 11.5 Å². The van der Waals surface area contributed by atoms with Crippen molar-refractivity contribution in [1.82, 2.24) is 14.5 Å². The number of fused-ring (bicyclic) bond motifs is 14. The lowest BCUT2D eigenvalue weighted by Gasteiger charge is -2.40. The Morgan fingerprint density at radius 2 is 0.906 bits per heavy atom. The van der Waals surface area contributed by atoms with Gasteiger partial charge in [-0.05, 0) is 71.8 Å². The third-order valence-electron chi connectivity index (χ3n) is 11.1. The lowest BCUT2D eigenvalue weighted by Crippen LogP contribution is -2.32. The van der Waals surface area contributed by atoms with E-state index in [1.807, 2.05) is 60.9 Å². The normalized spacial score (nSPS) is 14.1. The largest absolute Gasteiger partial charge is 0.457 e. The summed E-state index contributed by atoms with van der Waals surface area (Å²) in [5.41, 5.74) is 11.6. The first-order valence-electron chi connectivity index (χ1n) is 17.8. The lowest BCUT2D eigenvalue weighted by molar-refractivity contribution is 0.436. The maximum absolute atomic E-state index is 7.15. The number of para-hydroxylation sites is 6. The van der Waals surface area contributed by atoms with Crippen LogP contribution in [0.1, 0.15) is 22.3 Å². The van der Waals surface area contributed by atoms with E-state index >= 15 is 0 Å². The van der Waals surface area contributed by atoms with Gasteiger partial charge in [0, 0.05) is 52.1 Å². The van der Waals surface area contributed by atoms with Crippen molar-refractivity contribution in [2.24, 2.45) is 0 Å². The average molecular weight is 681 g/mol. The first-order chi connectivity index (χ1) is 26.3. The number of aromatic nitrogens is 3. The first kappa shape index (κ1) is 28.5. The second-order valence-corrected chi connectivity index (χ2v) is 13.8. The lowest BCUT2D eigenvalue weighted by atomic mass is 9.66. The van der Waals surface area contributed by atoms with Crippen LogP contribution in [0.3, 0.4) is 0 Å². The molecule has 0 fully saturated rings. The molecule has 9 aromatic rings. The fraction of sp³-hybridized carbons (Fsp3) is 0.0213. The van der Waals surface area contributed by atoms with Crippen molar-refractivity contribution in [3.05, 3.63) is 192 Å². The van der Waals surface area contributed by atoms with Crippen LogP contribution in [0.5, 0.6) is 23.0 Å². The maximum atomic E-state index is 7.15. The second kappa shape index (κ2) is 10.4. The van der Waals surface area contributed by atoms with Crippen LogP contribution >= 0.6 is 0 Å². The number of rotatable bonds is 2. The van der Waals surface area contributed by atoms with E-state index in [9.17, 15) is 0 Å². The van der Waals surface area contributed by atoms with Crippen LogP contribution < -0.4 is 14.4 Å². The molecular formula is C47H28N4O2. The molecule has 6 heteroatoms. The number of ether oxygens (including phenoxy) is 2. The number of hydrogen-bond donors (Lipinski definition) is 0. The van der Waals surface area contributed by atoms with Crippen LogP contribution in [0.4, 0.5) is 17.1 Å². The van der Waals surface area contributed by atoms with E-state index in [1.54, 1.807) is 0 Å². The summed E-state index contributed by atoms with van der Waals surface area (Å²) < 4.78 is 15.9. The summed E-state index contributed by atoms with van der Waals surface area (Å²) in [6, 6.07) is 55.3. The molecule has 248 valence electrons. The SMILES string of the molecule is c1ccc2c(c1)Oc1ccccc1N2c1ccc2c(c1)Oc1cc(-n3c4ccccc4c4ccccc43)ccc1C21c2cccnc2-c2ncccc21. The predicted molar refractivity (Wildman–Crippen MR) is 209 cm³/mol. The zero-order chi connectivity index (χ0) is 34.7. The van der Waals surface area contributed by atoms with Gasteiger partial charge >= 0.3 is 0 Å². The Morgan fingerprint density at radius 1 is 0.415 bits per heavy atom. The molecule has 12 rings (SSSR count). The van der Waals surface area contributed by atoms with Crippen LogP contribution in [0, 0.1) is 0 Å². The highest BCUT2D eigenvalue weighted by Crippen LogP contribution is 2.62. The molecule has 53 heavy (non-hydrogen) atoms. The van der Waals surface area contributed by atoms with Crippen molar-refractivity contribution in [1.29, 1.82) is 0 Å². The zero-order valence-electron chi connectivity index (χ0n) is 28.3. The molecule has 6 aromatic carbocycles. The second-order valence-electron chi connectivity index (χ2n) is 13.8. The van der Waals surface area contributed by atoms with Crippen LogP contribution in [0.2, 0.25) is 0 Å². The average Bonchev–Trinajstić information content (AvgIpc) is 3.71. The van der Waals surface area contributed by atoms with Gasteiger partial charge in [0.25, 0.3) is 0 Å². The minimum Gasteiger partial charge on any atom is -0.457 e. The van der Waals surface area contributed by atoms with Crippen LogP contribution in [-0.4, -0.2) is 14.5 Å². The van der Waals surface area contributed by atoms with Gasteiger partial charge in [-0.1, -0.05) is 84.9 Å². The van der Waals surface area contributed by atoms with Crippen molar-refractivity contribution in [3.63, 3.8) is 0 Å². The number of nitrogens with zero attached hydrogens (tertiary/aromatic N) is 4. The molecule has 5 heterocycles. The molecule has 6 nitrogen and oxygen atoms in total. The summed E-state index contributed by atoms with van der Waals surface area (Å²) in [4.78, 5) is 12.1. The highest BCUT2D eigenvalue weighted by Gasteiger charge is 2.52. The molecule has 0 atom stereocenters. The molecule has 0 radical (unpaired) electrons.